The molecular weight excluding hydrogens is 280 g/mol. The Hall–Kier alpha value is -1.43. The molecule has 3 rings (SSSR count). The zero-order valence-electron chi connectivity index (χ0n) is 13.6. The summed E-state index contributed by atoms with van der Waals surface area (Å²) in [5.74, 6) is 1.90. The van der Waals surface area contributed by atoms with E-state index in [9.17, 15) is 4.79 Å². The summed E-state index contributed by atoms with van der Waals surface area (Å²) in [5, 5.41) is 3.95. The number of carbonyl (C=O) groups excluding carboxylic acids is 1. The molecule has 1 aliphatic carbocycles. The van der Waals surface area contributed by atoms with Gasteiger partial charge >= 0.3 is 0 Å². The lowest BCUT2D eigenvalue weighted by Gasteiger charge is -2.40. The van der Waals surface area contributed by atoms with E-state index < -0.39 is 0 Å². The molecular formula is C16H26N4O2. The lowest BCUT2D eigenvalue weighted by Crippen LogP contribution is -2.50. The summed E-state index contributed by atoms with van der Waals surface area (Å²) in [4.78, 5) is 21.5. The third-order valence-corrected chi connectivity index (χ3v) is 5.01. The quantitative estimate of drug-likeness (QED) is 0.827. The van der Waals surface area contributed by atoms with Crippen LogP contribution < -0.4 is 0 Å². The molecule has 1 amide bonds. The third kappa shape index (κ3) is 3.48. The molecule has 0 radical (unpaired) electrons. The average molecular weight is 306 g/mol. The first kappa shape index (κ1) is 15.5. The molecule has 22 heavy (non-hydrogen) atoms. The maximum atomic E-state index is 12.8. The summed E-state index contributed by atoms with van der Waals surface area (Å²) in [6.07, 6.45) is 6.14. The van der Waals surface area contributed by atoms with Crippen molar-refractivity contribution < 1.29 is 9.32 Å². The highest BCUT2D eigenvalue weighted by molar-refractivity contribution is 5.80. The number of rotatable bonds is 5. The summed E-state index contributed by atoms with van der Waals surface area (Å²) in [5.41, 5.74) is 0. The van der Waals surface area contributed by atoms with Crippen LogP contribution in [0.2, 0.25) is 0 Å². The standard InChI is InChI=1S/C16H26N4O2/c1-12-17-15(18-22-12)8-11-20(16(21)13-4-3-5-13)14-6-9-19(2)10-7-14/h13-14H,3-11H2,1-2H3. The zero-order chi connectivity index (χ0) is 15.5. The van der Waals surface area contributed by atoms with Gasteiger partial charge in [-0.1, -0.05) is 11.6 Å². The Morgan fingerprint density at radius 3 is 2.59 bits per heavy atom. The molecule has 0 unspecified atom stereocenters. The molecule has 1 saturated carbocycles. The number of amides is 1. The van der Waals surface area contributed by atoms with Gasteiger partial charge in [0.2, 0.25) is 11.8 Å². The number of piperidine rings is 1. The predicted molar refractivity (Wildman–Crippen MR) is 82.3 cm³/mol. The van der Waals surface area contributed by atoms with Crippen molar-refractivity contribution >= 4 is 5.91 Å². The molecule has 2 heterocycles. The van der Waals surface area contributed by atoms with Gasteiger partial charge < -0.3 is 14.3 Å². The van der Waals surface area contributed by atoms with Crippen LogP contribution in [0.5, 0.6) is 0 Å². The van der Waals surface area contributed by atoms with Crippen molar-refractivity contribution in [2.24, 2.45) is 5.92 Å². The van der Waals surface area contributed by atoms with E-state index in [1.807, 2.05) is 0 Å². The van der Waals surface area contributed by atoms with Crippen LogP contribution in [-0.2, 0) is 11.2 Å². The van der Waals surface area contributed by atoms with Crippen molar-refractivity contribution in [2.45, 2.75) is 51.5 Å². The van der Waals surface area contributed by atoms with Crippen LogP contribution in [0.15, 0.2) is 4.52 Å². The van der Waals surface area contributed by atoms with Gasteiger partial charge in [-0.25, -0.2) is 0 Å². The van der Waals surface area contributed by atoms with Gasteiger partial charge in [-0.2, -0.15) is 4.98 Å². The molecule has 0 spiro atoms. The number of nitrogens with zero attached hydrogens (tertiary/aromatic N) is 4. The number of likely N-dealkylation sites (tertiary alicyclic amines) is 1. The highest BCUT2D eigenvalue weighted by atomic mass is 16.5. The van der Waals surface area contributed by atoms with E-state index in [0.717, 1.165) is 38.8 Å². The fraction of sp³-hybridized carbons (Fsp3) is 0.812. The van der Waals surface area contributed by atoms with Gasteiger partial charge in [-0.3, -0.25) is 4.79 Å². The van der Waals surface area contributed by atoms with E-state index in [2.05, 4.69) is 27.0 Å². The first-order valence-corrected chi connectivity index (χ1v) is 8.41. The molecule has 0 bridgehead atoms. The van der Waals surface area contributed by atoms with Gasteiger partial charge in [-0.15, -0.1) is 0 Å². The molecule has 0 aromatic carbocycles. The number of aryl methyl sites for hydroxylation is 1. The van der Waals surface area contributed by atoms with Crippen molar-refractivity contribution in [3.05, 3.63) is 11.7 Å². The molecule has 1 aromatic heterocycles. The van der Waals surface area contributed by atoms with E-state index in [4.69, 9.17) is 4.52 Å². The number of hydrogen-bond acceptors (Lipinski definition) is 5. The van der Waals surface area contributed by atoms with Crippen molar-refractivity contribution in [1.82, 2.24) is 19.9 Å². The molecule has 1 saturated heterocycles. The summed E-state index contributed by atoms with van der Waals surface area (Å²) < 4.78 is 5.03. The Labute approximate surface area is 131 Å². The van der Waals surface area contributed by atoms with E-state index in [-0.39, 0.29) is 5.92 Å². The SMILES string of the molecule is Cc1nc(CCN(C(=O)C2CCC2)C2CCN(C)CC2)no1. The van der Waals surface area contributed by atoms with Crippen molar-refractivity contribution in [1.29, 1.82) is 0 Å². The number of hydrogen-bond donors (Lipinski definition) is 0. The molecule has 6 heteroatoms. The van der Waals surface area contributed by atoms with E-state index in [1.54, 1.807) is 6.92 Å². The van der Waals surface area contributed by atoms with Crippen LogP contribution in [0.25, 0.3) is 0 Å². The van der Waals surface area contributed by atoms with Crippen LogP contribution in [0.4, 0.5) is 0 Å². The summed E-state index contributed by atoms with van der Waals surface area (Å²) in [6.45, 7) is 4.65. The molecule has 122 valence electrons. The van der Waals surface area contributed by atoms with Crippen molar-refractivity contribution in [3.8, 4) is 0 Å². The third-order valence-electron chi connectivity index (χ3n) is 5.01. The summed E-state index contributed by atoms with van der Waals surface area (Å²) in [7, 11) is 2.15. The van der Waals surface area contributed by atoms with Crippen LogP contribution >= 0.6 is 0 Å². The van der Waals surface area contributed by atoms with Crippen LogP contribution in [0.3, 0.4) is 0 Å². The van der Waals surface area contributed by atoms with Crippen molar-refractivity contribution in [3.63, 3.8) is 0 Å². The molecule has 1 aromatic rings. The Kier molecular flexibility index (Phi) is 4.76. The van der Waals surface area contributed by atoms with E-state index >= 15 is 0 Å². The Morgan fingerprint density at radius 2 is 2.05 bits per heavy atom. The molecule has 6 nitrogen and oxygen atoms in total. The Bertz CT molecular complexity index is 504. The minimum atomic E-state index is 0.256. The first-order valence-electron chi connectivity index (χ1n) is 8.41. The topological polar surface area (TPSA) is 62.5 Å². The molecule has 0 N–H and O–H groups in total. The lowest BCUT2D eigenvalue weighted by molar-refractivity contribution is -0.141. The minimum Gasteiger partial charge on any atom is -0.340 e. The Balaban J connectivity index is 1.63. The fourth-order valence-electron chi connectivity index (χ4n) is 3.33. The van der Waals surface area contributed by atoms with Crippen LogP contribution in [-0.4, -0.2) is 58.6 Å². The second-order valence-corrected chi connectivity index (χ2v) is 6.67. The van der Waals surface area contributed by atoms with E-state index in [0.29, 0.717) is 36.6 Å². The van der Waals surface area contributed by atoms with Gasteiger partial charge in [0.25, 0.3) is 0 Å². The van der Waals surface area contributed by atoms with Gasteiger partial charge in [0.05, 0.1) is 0 Å². The lowest BCUT2D eigenvalue weighted by atomic mass is 9.83. The normalized spacial score (nSPS) is 20.8. The Morgan fingerprint density at radius 1 is 1.32 bits per heavy atom. The average Bonchev–Trinajstić information content (AvgIpc) is 2.85. The van der Waals surface area contributed by atoms with E-state index in [1.165, 1.54) is 6.42 Å². The number of aromatic nitrogens is 2. The monoisotopic (exact) mass is 306 g/mol. The van der Waals surface area contributed by atoms with Gasteiger partial charge in [0.15, 0.2) is 5.82 Å². The first-order chi connectivity index (χ1) is 10.6. The second kappa shape index (κ2) is 6.77. The van der Waals surface area contributed by atoms with Crippen LogP contribution in [0, 0.1) is 12.8 Å². The highest BCUT2D eigenvalue weighted by Crippen LogP contribution is 2.30. The molecule has 0 atom stereocenters. The predicted octanol–water partition coefficient (Wildman–Crippen LogP) is 1.64. The zero-order valence-corrected chi connectivity index (χ0v) is 13.6. The second-order valence-electron chi connectivity index (χ2n) is 6.67. The summed E-state index contributed by atoms with van der Waals surface area (Å²) in [6, 6.07) is 0.372. The number of carbonyl (C=O) groups is 1. The van der Waals surface area contributed by atoms with Gasteiger partial charge in [0.1, 0.15) is 0 Å². The smallest absolute Gasteiger partial charge is 0.225 e. The minimum absolute atomic E-state index is 0.256. The maximum Gasteiger partial charge on any atom is 0.225 e. The fourth-order valence-corrected chi connectivity index (χ4v) is 3.33. The highest BCUT2D eigenvalue weighted by Gasteiger charge is 2.34. The largest absolute Gasteiger partial charge is 0.340 e. The van der Waals surface area contributed by atoms with Crippen molar-refractivity contribution in [2.75, 3.05) is 26.7 Å². The van der Waals surface area contributed by atoms with Crippen LogP contribution in [0.1, 0.15) is 43.8 Å². The maximum absolute atomic E-state index is 12.8. The molecule has 2 fully saturated rings. The molecule has 1 aliphatic heterocycles. The summed E-state index contributed by atoms with van der Waals surface area (Å²) >= 11 is 0. The molecule has 2 aliphatic rings. The van der Waals surface area contributed by atoms with Gasteiger partial charge in [-0.05, 0) is 45.8 Å². The van der Waals surface area contributed by atoms with Gasteiger partial charge in [0, 0.05) is 31.8 Å².